The number of rotatable bonds is 6. The van der Waals surface area contributed by atoms with Gasteiger partial charge in [-0.3, -0.25) is 4.79 Å². The minimum Gasteiger partial charge on any atom is -0.352 e. The van der Waals surface area contributed by atoms with Crippen molar-refractivity contribution < 1.29 is 4.79 Å². The number of likely N-dealkylation sites (tertiary alicyclic amines) is 1. The van der Waals surface area contributed by atoms with Gasteiger partial charge < -0.3 is 16.0 Å². The number of carbonyl (C=O) groups excluding carboxylic acids is 1. The predicted octanol–water partition coefficient (Wildman–Crippen LogP) is 2.70. The first-order valence-corrected chi connectivity index (χ1v) is 8.97. The number of carbonyl (C=O) groups is 1. The fraction of sp³-hybridized carbons (Fsp3) is 0.941. The van der Waals surface area contributed by atoms with Gasteiger partial charge in [-0.1, -0.05) is 39.0 Å². The third kappa shape index (κ3) is 6.43. The molecule has 1 saturated carbocycles. The molecule has 4 nitrogen and oxygen atoms in total. The Morgan fingerprint density at radius 2 is 1.82 bits per heavy atom. The van der Waals surface area contributed by atoms with E-state index in [0.29, 0.717) is 12.0 Å². The fourth-order valence-corrected chi connectivity index (χ4v) is 3.81. The number of nitrogens with zero attached hydrogens (tertiary/aromatic N) is 1. The van der Waals surface area contributed by atoms with Gasteiger partial charge in [-0.05, 0) is 38.1 Å². The Morgan fingerprint density at radius 1 is 1.18 bits per heavy atom. The summed E-state index contributed by atoms with van der Waals surface area (Å²) in [6.45, 7) is 5.62. The van der Waals surface area contributed by atoms with E-state index in [4.69, 9.17) is 5.73 Å². The van der Waals surface area contributed by atoms with Crippen molar-refractivity contribution in [3.63, 3.8) is 0 Å². The molecule has 2 rings (SSSR count). The number of nitrogens with one attached hydrogen (secondary N) is 1. The van der Waals surface area contributed by atoms with Gasteiger partial charge in [0, 0.05) is 19.1 Å². The van der Waals surface area contributed by atoms with Crippen LogP contribution < -0.4 is 11.1 Å². The molecule has 0 aromatic rings. The Bertz CT molecular complexity index is 313. The summed E-state index contributed by atoms with van der Waals surface area (Å²) < 4.78 is 0. The molecule has 0 aromatic heterocycles. The highest BCUT2D eigenvalue weighted by Gasteiger charge is 2.25. The van der Waals surface area contributed by atoms with Crippen molar-refractivity contribution in [2.24, 2.45) is 11.7 Å². The van der Waals surface area contributed by atoms with Crippen molar-refractivity contribution in [2.45, 2.75) is 76.8 Å². The minimum atomic E-state index is -0.304. The zero-order chi connectivity index (χ0) is 15.1. The van der Waals surface area contributed by atoms with Crippen LogP contribution >= 0.6 is 12.4 Å². The maximum Gasteiger partial charge on any atom is 0.237 e. The summed E-state index contributed by atoms with van der Waals surface area (Å²) in [5, 5.41) is 3.18. The van der Waals surface area contributed by atoms with Crippen LogP contribution in [0, 0.1) is 5.92 Å². The molecule has 5 heteroatoms. The lowest BCUT2D eigenvalue weighted by Crippen LogP contribution is -2.50. The van der Waals surface area contributed by atoms with Crippen LogP contribution in [-0.4, -0.2) is 42.5 Å². The third-order valence-electron chi connectivity index (χ3n) is 5.12. The lowest BCUT2D eigenvalue weighted by Gasteiger charge is -2.33. The van der Waals surface area contributed by atoms with E-state index in [0.717, 1.165) is 32.4 Å². The third-order valence-corrected chi connectivity index (χ3v) is 5.12. The van der Waals surface area contributed by atoms with Gasteiger partial charge in [0.1, 0.15) is 0 Å². The first kappa shape index (κ1) is 19.7. The molecule has 1 heterocycles. The van der Waals surface area contributed by atoms with Crippen molar-refractivity contribution in [2.75, 3.05) is 19.6 Å². The number of nitrogens with two attached hydrogens (primary N) is 1. The number of hydrogen-bond donors (Lipinski definition) is 2. The van der Waals surface area contributed by atoms with Crippen LogP contribution in [0.15, 0.2) is 0 Å². The van der Waals surface area contributed by atoms with Crippen LogP contribution in [0.3, 0.4) is 0 Å². The van der Waals surface area contributed by atoms with Gasteiger partial charge in [0.25, 0.3) is 0 Å². The summed E-state index contributed by atoms with van der Waals surface area (Å²) in [6.07, 6.45) is 10.7. The first-order chi connectivity index (χ1) is 10.2. The molecule has 0 bridgehead atoms. The highest BCUT2D eigenvalue weighted by molar-refractivity contribution is 5.85. The number of piperidine rings is 1. The molecule has 1 amide bonds. The van der Waals surface area contributed by atoms with Crippen LogP contribution in [0.2, 0.25) is 0 Å². The largest absolute Gasteiger partial charge is 0.352 e. The molecule has 1 aliphatic carbocycles. The van der Waals surface area contributed by atoms with Crippen LogP contribution in [0.1, 0.15) is 64.7 Å². The van der Waals surface area contributed by atoms with Crippen LogP contribution in [-0.2, 0) is 4.79 Å². The van der Waals surface area contributed by atoms with Gasteiger partial charge in [0.05, 0.1) is 6.04 Å². The molecule has 2 aliphatic rings. The van der Waals surface area contributed by atoms with E-state index in [9.17, 15) is 4.79 Å². The monoisotopic (exact) mass is 331 g/mol. The predicted molar refractivity (Wildman–Crippen MR) is 94.3 cm³/mol. The fourth-order valence-electron chi connectivity index (χ4n) is 3.81. The van der Waals surface area contributed by atoms with E-state index in [1.807, 2.05) is 0 Å². The lowest BCUT2D eigenvalue weighted by atomic mass is 9.85. The highest BCUT2D eigenvalue weighted by Crippen LogP contribution is 2.27. The normalized spacial score (nSPS) is 22.8. The van der Waals surface area contributed by atoms with Gasteiger partial charge in [-0.15, -0.1) is 12.4 Å². The van der Waals surface area contributed by atoms with Gasteiger partial charge in [-0.2, -0.15) is 0 Å². The van der Waals surface area contributed by atoms with Gasteiger partial charge in [-0.25, -0.2) is 0 Å². The molecule has 0 aromatic carbocycles. The molecule has 1 atom stereocenters. The van der Waals surface area contributed by atoms with E-state index in [1.165, 1.54) is 45.1 Å². The van der Waals surface area contributed by atoms with Crippen molar-refractivity contribution in [3.8, 4) is 0 Å². The van der Waals surface area contributed by atoms with Crippen molar-refractivity contribution in [1.29, 1.82) is 0 Å². The summed E-state index contributed by atoms with van der Waals surface area (Å²) in [7, 11) is 0. The first-order valence-electron chi connectivity index (χ1n) is 8.97. The molecule has 22 heavy (non-hydrogen) atoms. The second-order valence-electron chi connectivity index (χ2n) is 6.97. The number of halogens is 1. The zero-order valence-corrected chi connectivity index (χ0v) is 14.9. The average molecular weight is 332 g/mol. The average Bonchev–Trinajstić information content (AvgIpc) is 2.50. The summed E-state index contributed by atoms with van der Waals surface area (Å²) >= 11 is 0. The Labute approximate surface area is 142 Å². The molecule has 1 aliphatic heterocycles. The molecular formula is C17H34ClN3O. The zero-order valence-electron chi connectivity index (χ0n) is 14.1. The molecule has 130 valence electrons. The maximum atomic E-state index is 12.2. The van der Waals surface area contributed by atoms with E-state index < -0.39 is 0 Å². The Kier molecular flexibility index (Phi) is 9.37. The molecule has 2 fully saturated rings. The van der Waals surface area contributed by atoms with Crippen LogP contribution in [0.25, 0.3) is 0 Å². The maximum absolute atomic E-state index is 12.2. The second kappa shape index (κ2) is 10.5. The second-order valence-corrected chi connectivity index (χ2v) is 6.97. The SMILES string of the molecule is CCCN1CCC(NC(=O)C(N)CC2CCCCC2)CC1.Cl. The standard InChI is InChI=1S/C17H33N3O.ClH/c1-2-10-20-11-8-15(9-12-20)19-17(21)16(18)13-14-6-4-3-5-7-14;/h14-16H,2-13,18H2,1H3,(H,19,21);1H. The topological polar surface area (TPSA) is 58.4 Å². The Hall–Kier alpha value is -0.320. The molecule has 1 saturated heterocycles. The van der Waals surface area contributed by atoms with Crippen LogP contribution in [0.4, 0.5) is 0 Å². The van der Waals surface area contributed by atoms with Gasteiger partial charge in [0.15, 0.2) is 0 Å². The quantitative estimate of drug-likeness (QED) is 0.786. The Balaban J connectivity index is 0.00000242. The number of hydrogen-bond acceptors (Lipinski definition) is 3. The van der Waals surface area contributed by atoms with Crippen molar-refractivity contribution in [3.05, 3.63) is 0 Å². The molecule has 3 N–H and O–H groups in total. The summed E-state index contributed by atoms with van der Waals surface area (Å²) in [5.41, 5.74) is 6.12. The highest BCUT2D eigenvalue weighted by atomic mass is 35.5. The van der Waals surface area contributed by atoms with Crippen molar-refractivity contribution >= 4 is 18.3 Å². The van der Waals surface area contributed by atoms with E-state index in [2.05, 4.69) is 17.1 Å². The molecule has 1 unspecified atom stereocenters. The minimum absolute atomic E-state index is 0. The van der Waals surface area contributed by atoms with Gasteiger partial charge >= 0.3 is 0 Å². The Morgan fingerprint density at radius 3 is 2.41 bits per heavy atom. The summed E-state index contributed by atoms with van der Waals surface area (Å²) in [5.74, 6) is 0.750. The summed E-state index contributed by atoms with van der Waals surface area (Å²) in [6, 6.07) is 0.0322. The van der Waals surface area contributed by atoms with E-state index >= 15 is 0 Å². The van der Waals surface area contributed by atoms with E-state index in [-0.39, 0.29) is 24.4 Å². The molecule has 0 radical (unpaired) electrons. The van der Waals surface area contributed by atoms with Gasteiger partial charge in [0.2, 0.25) is 5.91 Å². The molecular weight excluding hydrogens is 298 g/mol. The van der Waals surface area contributed by atoms with E-state index in [1.54, 1.807) is 0 Å². The smallest absolute Gasteiger partial charge is 0.237 e. The lowest BCUT2D eigenvalue weighted by molar-refractivity contribution is -0.123. The molecule has 0 spiro atoms. The van der Waals surface area contributed by atoms with Crippen LogP contribution in [0.5, 0.6) is 0 Å². The van der Waals surface area contributed by atoms with Crippen molar-refractivity contribution in [1.82, 2.24) is 10.2 Å². The number of amides is 1. The summed E-state index contributed by atoms with van der Waals surface area (Å²) in [4.78, 5) is 14.7.